The van der Waals surface area contributed by atoms with Crippen molar-refractivity contribution in [1.29, 1.82) is 0 Å². The third-order valence-electron chi connectivity index (χ3n) is 4.38. The van der Waals surface area contributed by atoms with Crippen molar-refractivity contribution in [1.82, 2.24) is 10.6 Å². The van der Waals surface area contributed by atoms with Crippen LogP contribution in [0.3, 0.4) is 0 Å². The second kappa shape index (κ2) is 12.1. The molecule has 0 bridgehead atoms. The van der Waals surface area contributed by atoms with Crippen molar-refractivity contribution < 1.29 is 19.5 Å². The summed E-state index contributed by atoms with van der Waals surface area (Å²) >= 11 is 0. The summed E-state index contributed by atoms with van der Waals surface area (Å²) in [6.45, 7) is 7.44. The highest BCUT2D eigenvalue weighted by atomic mass is 16.4. The predicted octanol–water partition coefficient (Wildman–Crippen LogP) is -0.876. The van der Waals surface area contributed by atoms with Gasteiger partial charge in [0.2, 0.25) is 11.8 Å². The lowest BCUT2D eigenvalue weighted by molar-refractivity contribution is -0.143. The Morgan fingerprint density at radius 1 is 1.07 bits per heavy atom. The first-order valence-electron chi connectivity index (χ1n) is 9.15. The average Bonchev–Trinajstić information content (AvgIpc) is 2.59. The summed E-state index contributed by atoms with van der Waals surface area (Å²) in [5.41, 5.74) is 16.4. The zero-order valence-electron chi connectivity index (χ0n) is 16.6. The Morgan fingerprint density at radius 3 is 2.11 bits per heavy atom. The summed E-state index contributed by atoms with van der Waals surface area (Å²) in [5.74, 6) is -2.60. The summed E-state index contributed by atoms with van der Waals surface area (Å²) in [7, 11) is 0. The van der Waals surface area contributed by atoms with Crippen LogP contribution in [0.4, 0.5) is 0 Å². The van der Waals surface area contributed by atoms with E-state index in [2.05, 4.69) is 15.6 Å². The first-order chi connectivity index (χ1) is 12.5. The first-order valence-corrected chi connectivity index (χ1v) is 9.15. The largest absolute Gasteiger partial charge is 0.480 e. The van der Waals surface area contributed by atoms with E-state index >= 15 is 0 Å². The Labute approximate surface area is 160 Å². The van der Waals surface area contributed by atoms with E-state index in [1.165, 1.54) is 0 Å². The molecule has 0 heterocycles. The second-order valence-corrected chi connectivity index (χ2v) is 6.99. The van der Waals surface area contributed by atoms with Gasteiger partial charge in [-0.2, -0.15) is 0 Å². The second-order valence-electron chi connectivity index (χ2n) is 6.99. The fourth-order valence-corrected chi connectivity index (χ4v) is 2.28. The number of carboxylic acids is 1. The van der Waals surface area contributed by atoms with E-state index in [4.69, 9.17) is 17.2 Å². The number of hydrogen-bond donors (Lipinski definition) is 6. The fraction of sp³-hybridized carbons (Fsp3) is 0.765. The van der Waals surface area contributed by atoms with Gasteiger partial charge in [0.05, 0.1) is 6.04 Å². The van der Waals surface area contributed by atoms with Crippen molar-refractivity contribution in [2.24, 2.45) is 34.0 Å². The number of carboxylic acid groups (broad SMARTS) is 1. The summed E-state index contributed by atoms with van der Waals surface area (Å²) in [6.07, 6.45) is 1.25. The molecule has 0 aromatic carbocycles. The average molecular weight is 386 g/mol. The Hall–Kier alpha value is -2.36. The molecule has 0 radical (unpaired) electrons. The minimum absolute atomic E-state index is 0.0652. The van der Waals surface area contributed by atoms with Crippen LogP contribution in [0.5, 0.6) is 0 Å². The lowest BCUT2D eigenvalue weighted by Crippen LogP contribution is -2.56. The van der Waals surface area contributed by atoms with E-state index in [0.29, 0.717) is 12.8 Å². The van der Waals surface area contributed by atoms with Crippen LogP contribution in [0.1, 0.15) is 47.0 Å². The van der Waals surface area contributed by atoms with E-state index < -0.39 is 35.9 Å². The summed E-state index contributed by atoms with van der Waals surface area (Å²) in [5, 5.41) is 14.5. The van der Waals surface area contributed by atoms with Crippen LogP contribution in [-0.4, -0.2) is 53.5 Å². The van der Waals surface area contributed by atoms with E-state index in [9.17, 15) is 19.5 Å². The van der Waals surface area contributed by atoms with Crippen LogP contribution >= 0.6 is 0 Å². The molecule has 0 unspecified atom stereocenters. The molecule has 9 N–H and O–H groups in total. The van der Waals surface area contributed by atoms with Gasteiger partial charge < -0.3 is 32.9 Å². The van der Waals surface area contributed by atoms with Gasteiger partial charge in [0.25, 0.3) is 0 Å². The van der Waals surface area contributed by atoms with E-state index in [-0.39, 0.29) is 30.8 Å². The molecule has 0 aliphatic heterocycles. The van der Waals surface area contributed by atoms with Gasteiger partial charge in [-0.25, -0.2) is 4.79 Å². The topological polar surface area (TPSA) is 186 Å². The number of nitrogens with one attached hydrogen (secondary N) is 2. The molecule has 4 atom stereocenters. The number of aliphatic imine (C=N–C) groups is 1. The molecule has 156 valence electrons. The standard InChI is InChI=1S/C17H34N6O4/c1-5-10(4)13(16(26)27)23-14(24)11(7-6-8-21-17(19)20)22-15(25)12(18)9(2)3/h9-13H,5-8,18H2,1-4H3,(H,22,25)(H,23,24)(H,26,27)(H4,19,20,21)/t10-,11-,12-,13-/m0/s1. The Bertz CT molecular complexity index is 534. The van der Waals surface area contributed by atoms with Crippen molar-refractivity contribution in [3.05, 3.63) is 0 Å². The third kappa shape index (κ3) is 9.23. The normalized spacial score (nSPS) is 15.3. The number of hydrogen-bond acceptors (Lipinski definition) is 5. The minimum atomic E-state index is -1.12. The summed E-state index contributed by atoms with van der Waals surface area (Å²) in [4.78, 5) is 40.2. The van der Waals surface area contributed by atoms with Crippen LogP contribution in [0.15, 0.2) is 4.99 Å². The van der Waals surface area contributed by atoms with Crippen LogP contribution in [0.25, 0.3) is 0 Å². The Kier molecular flexibility index (Phi) is 11.0. The zero-order valence-corrected chi connectivity index (χ0v) is 16.6. The van der Waals surface area contributed by atoms with E-state index in [1.807, 2.05) is 6.92 Å². The zero-order chi connectivity index (χ0) is 21.1. The van der Waals surface area contributed by atoms with Gasteiger partial charge in [-0.05, 0) is 24.7 Å². The minimum Gasteiger partial charge on any atom is -0.480 e. The molecular weight excluding hydrogens is 352 g/mol. The van der Waals surface area contributed by atoms with Gasteiger partial charge in [0.1, 0.15) is 12.1 Å². The number of guanidine groups is 1. The molecule has 0 aliphatic rings. The maximum atomic E-state index is 12.6. The number of nitrogens with zero attached hydrogens (tertiary/aromatic N) is 1. The number of nitrogens with two attached hydrogens (primary N) is 3. The van der Waals surface area contributed by atoms with E-state index in [0.717, 1.165) is 0 Å². The van der Waals surface area contributed by atoms with E-state index in [1.54, 1.807) is 20.8 Å². The highest BCUT2D eigenvalue weighted by molar-refractivity contribution is 5.91. The Balaban J connectivity index is 5.18. The number of aliphatic carboxylic acids is 1. The molecule has 10 heteroatoms. The molecule has 0 aliphatic carbocycles. The molecular formula is C17H34N6O4. The monoisotopic (exact) mass is 386 g/mol. The molecule has 10 nitrogen and oxygen atoms in total. The molecule has 2 amide bonds. The predicted molar refractivity (Wildman–Crippen MR) is 104 cm³/mol. The van der Waals surface area contributed by atoms with Gasteiger partial charge in [0, 0.05) is 6.54 Å². The number of carbonyl (C=O) groups is 3. The van der Waals surface area contributed by atoms with Gasteiger partial charge in [-0.1, -0.05) is 34.1 Å². The Morgan fingerprint density at radius 2 is 1.67 bits per heavy atom. The van der Waals surface area contributed by atoms with Crippen molar-refractivity contribution in [2.75, 3.05) is 6.54 Å². The van der Waals surface area contributed by atoms with Gasteiger partial charge >= 0.3 is 5.97 Å². The summed E-state index contributed by atoms with van der Waals surface area (Å²) in [6, 6.07) is -2.75. The highest BCUT2D eigenvalue weighted by Crippen LogP contribution is 2.10. The van der Waals surface area contributed by atoms with Crippen LogP contribution < -0.4 is 27.8 Å². The van der Waals surface area contributed by atoms with Gasteiger partial charge in [-0.15, -0.1) is 0 Å². The molecule has 0 saturated heterocycles. The molecule has 0 rings (SSSR count). The van der Waals surface area contributed by atoms with Gasteiger partial charge in [0.15, 0.2) is 5.96 Å². The number of amides is 2. The molecule has 27 heavy (non-hydrogen) atoms. The van der Waals surface area contributed by atoms with Crippen LogP contribution in [0.2, 0.25) is 0 Å². The number of rotatable bonds is 12. The molecule has 0 spiro atoms. The lowest BCUT2D eigenvalue weighted by Gasteiger charge is -2.25. The van der Waals surface area contributed by atoms with Crippen molar-refractivity contribution in [2.45, 2.75) is 65.1 Å². The van der Waals surface area contributed by atoms with Crippen molar-refractivity contribution in [3.8, 4) is 0 Å². The lowest BCUT2D eigenvalue weighted by atomic mass is 9.98. The number of carbonyl (C=O) groups excluding carboxylic acids is 2. The van der Waals surface area contributed by atoms with Crippen LogP contribution in [-0.2, 0) is 14.4 Å². The molecule has 0 saturated carbocycles. The third-order valence-corrected chi connectivity index (χ3v) is 4.38. The fourth-order valence-electron chi connectivity index (χ4n) is 2.28. The summed E-state index contributed by atoms with van der Waals surface area (Å²) < 4.78 is 0. The van der Waals surface area contributed by atoms with Crippen molar-refractivity contribution >= 4 is 23.7 Å². The first kappa shape index (κ1) is 24.6. The van der Waals surface area contributed by atoms with Gasteiger partial charge in [-0.3, -0.25) is 14.6 Å². The highest BCUT2D eigenvalue weighted by Gasteiger charge is 2.30. The quantitative estimate of drug-likeness (QED) is 0.143. The smallest absolute Gasteiger partial charge is 0.326 e. The SMILES string of the molecule is CC[C@H](C)[C@H](NC(=O)[C@H](CCCN=C(N)N)NC(=O)[C@@H](N)C(C)C)C(=O)O. The maximum Gasteiger partial charge on any atom is 0.326 e. The molecule has 0 fully saturated rings. The maximum absolute atomic E-state index is 12.6. The van der Waals surface area contributed by atoms with Crippen LogP contribution in [0, 0.1) is 11.8 Å². The molecule has 0 aromatic rings. The molecule has 0 aromatic heterocycles. The van der Waals surface area contributed by atoms with Crippen molar-refractivity contribution in [3.63, 3.8) is 0 Å².